The molecule has 0 aliphatic carbocycles. The molecule has 3 heterocycles. The van der Waals surface area contributed by atoms with Gasteiger partial charge in [0.25, 0.3) is 5.91 Å². The zero-order valence-corrected chi connectivity index (χ0v) is 11.5. The van der Waals surface area contributed by atoms with Crippen molar-refractivity contribution in [3.8, 4) is 0 Å². The average Bonchev–Trinajstić information content (AvgIpc) is 2.96. The maximum absolute atomic E-state index is 12.0. The summed E-state index contributed by atoms with van der Waals surface area (Å²) in [4.78, 5) is 16.0. The number of ether oxygens (including phenoxy) is 1. The number of pyridine rings is 1. The lowest BCUT2D eigenvalue weighted by Crippen LogP contribution is -2.45. The molecule has 1 saturated heterocycles. The number of morpholine rings is 1. The Kier molecular flexibility index (Phi) is 4.23. The zero-order valence-electron chi connectivity index (χ0n) is 11.5. The van der Waals surface area contributed by atoms with Gasteiger partial charge in [0, 0.05) is 37.7 Å². The second kappa shape index (κ2) is 6.47. The van der Waals surface area contributed by atoms with Crippen LogP contribution in [-0.4, -0.2) is 46.5 Å². The molecule has 1 unspecified atom stereocenters. The Bertz CT molecular complexity index is 592. The molecule has 7 nitrogen and oxygen atoms in total. The van der Waals surface area contributed by atoms with E-state index in [1.165, 1.54) is 0 Å². The number of anilines is 1. The standard InChI is InChI=1S/C14H17N5O2/c20-14(12-9-16-6-8-21-12)17-13-3-7-19(18-13)10-11-1-4-15-5-2-11/h1-5,7,12,16H,6,8-10H2,(H,17,18,20). The number of amides is 1. The summed E-state index contributed by atoms with van der Waals surface area (Å²) in [6.45, 7) is 2.50. The highest BCUT2D eigenvalue weighted by Gasteiger charge is 2.22. The fourth-order valence-electron chi connectivity index (χ4n) is 2.13. The Hall–Kier alpha value is -2.25. The molecule has 0 bridgehead atoms. The van der Waals surface area contributed by atoms with Crippen LogP contribution in [0.25, 0.3) is 0 Å². The Labute approximate surface area is 122 Å². The Morgan fingerprint density at radius 1 is 1.43 bits per heavy atom. The smallest absolute Gasteiger partial charge is 0.256 e. The van der Waals surface area contributed by atoms with Gasteiger partial charge in [0.15, 0.2) is 5.82 Å². The molecule has 1 amide bonds. The van der Waals surface area contributed by atoms with Gasteiger partial charge in [0.2, 0.25) is 0 Å². The summed E-state index contributed by atoms with van der Waals surface area (Å²) in [5.41, 5.74) is 1.10. The number of hydrogen-bond acceptors (Lipinski definition) is 5. The topological polar surface area (TPSA) is 81.1 Å². The monoisotopic (exact) mass is 287 g/mol. The fraction of sp³-hybridized carbons (Fsp3) is 0.357. The third kappa shape index (κ3) is 3.65. The number of carbonyl (C=O) groups excluding carboxylic acids is 1. The van der Waals surface area contributed by atoms with Crippen molar-refractivity contribution in [2.45, 2.75) is 12.6 Å². The summed E-state index contributed by atoms with van der Waals surface area (Å²) in [7, 11) is 0. The fourth-order valence-corrected chi connectivity index (χ4v) is 2.13. The minimum absolute atomic E-state index is 0.170. The molecule has 1 fully saturated rings. The number of hydrogen-bond donors (Lipinski definition) is 2. The first-order chi connectivity index (χ1) is 10.3. The number of nitrogens with one attached hydrogen (secondary N) is 2. The van der Waals surface area contributed by atoms with Gasteiger partial charge in [0.05, 0.1) is 13.2 Å². The van der Waals surface area contributed by atoms with Crippen LogP contribution in [-0.2, 0) is 16.1 Å². The maximum atomic E-state index is 12.0. The lowest BCUT2D eigenvalue weighted by atomic mass is 10.3. The number of carbonyl (C=O) groups is 1. The Morgan fingerprint density at radius 3 is 3.05 bits per heavy atom. The van der Waals surface area contributed by atoms with Crippen LogP contribution < -0.4 is 10.6 Å². The summed E-state index contributed by atoms with van der Waals surface area (Å²) < 4.78 is 7.17. The molecule has 3 rings (SSSR count). The molecular weight excluding hydrogens is 270 g/mol. The normalized spacial score (nSPS) is 18.4. The van der Waals surface area contributed by atoms with Crippen molar-refractivity contribution < 1.29 is 9.53 Å². The molecule has 21 heavy (non-hydrogen) atoms. The molecule has 7 heteroatoms. The molecule has 0 saturated carbocycles. The van der Waals surface area contributed by atoms with E-state index in [0.29, 0.717) is 25.5 Å². The van der Waals surface area contributed by atoms with Gasteiger partial charge >= 0.3 is 0 Å². The molecule has 2 N–H and O–H groups in total. The van der Waals surface area contributed by atoms with Crippen LogP contribution in [0.3, 0.4) is 0 Å². The first-order valence-corrected chi connectivity index (χ1v) is 6.87. The SMILES string of the molecule is O=C(Nc1ccn(Cc2ccncc2)n1)C1CNCCO1. The highest BCUT2D eigenvalue weighted by Crippen LogP contribution is 2.07. The van der Waals surface area contributed by atoms with Crippen molar-refractivity contribution in [1.82, 2.24) is 20.1 Å². The molecule has 0 radical (unpaired) electrons. The maximum Gasteiger partial charge on any atom is 0.256 e. The van der Waals surface area contributed by atoms with E-state index in [2.05, 4.69) is 20.7 Å². The molecule has 2 aromatic rings. The molecule has 1 aliphatic rings. The van der Waals surface area contributed by atoms with E-state index in [9.17, 15) is 4.79 Å². The molecule has 1 aliphatic heterocycles. The first kappa shape index (κ1) is 13.7. The van der Waals surface area contributed by atoms with E-state index in [1.54, 1.807) is 23.1 Å². The van der Waals surface area contributed by atoms with E-state index in [0.717, 1.165) is 12.1 Å². The van der Waals surface area contributed by atoms with Crippen LogP contribution in [0.5, 0.6) is 0 Å². The Balaban J connectivity index is 1.58. The molecule has 0 aromatic carbocycles. The zero-order chi connectivity index (χ0) is 14.5. The predicted molar refractivity (Wildman–Crippen MR) is 76.8 cm³/mol. The van der Waals surface area contributed by atoms with Gasteiger partial charge in [-0.15, -0.1) is 0 Å². The van der Waals surface area contributed by atoms with E-state index < -0.39 is 6.10 Å². The Morgan fingerprint density at radius 2 is 2.29 bits per heavy atom. The first-order valence-electron chi connectivity index (χ1n) is 6.87. The van der Waals surface area contributed by atoms with Crippen LogP contribution >= 0.6 is 0 Å². The second-order valence-corrected chi connectivity index (χ2v) is 4.81. The summed E-state index contributed by atoms with van der Waals surface area (Å²) in [5.74, 6) is 0.361. The van der Waals surface area contributed by atoms with E-state index in [4.69, 9.17) is 4.74 Å². The van der Waals surface area contributed by atoms with Crippen molar-refractivity contribution in [2.75, 3.05) is 25.0 Å². The molecule has 110 valence electrons. The highest BCUT2D eigenvalue weighted by atomic mass is 16.5. The third-order valence-corrected chi connectivity index (χ3v) is 3.21. The van der Waals surface area contributed by atoms with Crippen LogP contribution in [0.15, 0.2) is 36.8 Å². The minimum atomic E-state index is -0.455. The second-order valence-electron chi connectivity index (χ2n) is 4.81. The van der Waals surface area contributed by atoms with E-state index in [-0.39, 0.29) is 5.91 Å². The number of aromatic nitrogens is 3. The minimum Gasteiger partial charge on any atom is -0.366 e. The van der Waals surface area contributed by atoms with Gasteiger partial charge in [-0.1, -0.05) is 0 Å². The third-order valence-electron chi connectivity index (χ3n) is 3.21. The van der Waals surface area contributed by atoms with Crippen molar-refractivity contribution >= 4 is 11.7 Å². The van der Waals surface area contributed by atoms with Gasteiger partial charge in [0.1, 0.15) is 6.10 Å². The molecular formula is C14H17N5O2. The van der Waals surface area contributed by atoms with Crippen LogP contribution in [0, 0.1) is 0 Å². The summed E-state index contributed by atoms with van der Waals surface area (Å²) >= 11 is 0. The van der Waals surface area contributed by atoms with Crippen LogP contribution in [0.2, 0.25) is 0 Å². The lowest BCUT2D eigenvalue weighted by molar-refractivity contribution is -0.128. The highest BCUT2D eigenvalue weighted by molar-refractivity contribution is 5.93. The van der Waals surface area contributed by atoms with Gasteiger partial charge in [-0.2, -0.15) is 5.10 Å². The van der Waals surface area contributed by atoms with Gasteiger partial charge in [-0.3, -0.25) is 14.5 Å². The predicted octanol–water partition coefficient (Wildman–Crippen LogP) is 0.253. The quantitative estimate of drug-likeness (QED) is 0.842. The molecule has 0 spiro atoms. The largest absolute Gasteiger partial charge is 0.366 e. The van der Waals surface area contributed by atoms with Crippen LogP contribution in [0.1, 0.15) is 5.56 Å². The summed E-state index contributed by atoms with van der Waals surface area (Å²) in [5, 5.41) is 10.2. The van der Waals surface area contributed by atoms with Gasteiger partial charge in [-0.25, -0.2) is 0 Å². The summed E-state index contributed by atoms with van der Waals surface area (Å²) in [6, 6.07) is 5.64. The van der Waals surface area contributed by atoms with Crippen molar-refractivity contribution in [2.24, 2.45) is 0 Å². The molecule has 2 aromatic heterocycles. The number of nitrogens with zero attached hydrogens (tertiary/aromatic N) is 3. The number of rotatable bonds is 4. The van der Waals surface area contributed by atoms with Crippen LogP contribution in [0.4, 0.5) is 5.82 Å². The van der Waals surface area contributed by atoms with Gasteiger partial charge < -0.3 is 15.4 Å². The molecule has 1 atom stereocenters. The lowest BCUT2D eigenvalue weighted by Gasteiger charge is -2.22. The average molecular weight is 287 g/mol. The summed E-state index contributed by atoms with van der Waals surface area (Å²) in [6.07, 6.45) is 4.86. The van der Waals surface area contributed by atoms with E-state index in [1.807, 2.05) is 18.3 Å². The van der Waals surface area contributed by atoms with Crippen molar-refractivity contribution in [3.05, 3.63) is 42.4 Å². The van der Waals surface area contributed by atoms with Crippen molar-refractivity contribution in [3.63, 3.8) is 0 Å². The van der Waals surface area contributed by atoms with Crippen molar-refractivity contribution in [1.29, 1.82) is 0 Å². The van der Waals surface area contributed by atoms with Gasteiger partial charge in [-0.05, 0) is 17.7 Å². The van der Waals surface area contributed by atoms with E-state index >= 15 is 0 Å².